The van der Waals surface area contributed by atoms with Crippen LogP contribution >= 0.6 is 0 Å². The van der Waals surface area contributed by atoms with Crippen molar-refractivity contribution in [2.45, 2.75) is 0 Å². The summed E-state index contributed by atoms with van der Waals surface area (Å²) in [5, 5.41) is 0. The van der Waals surface area contributed by atoms with E-state index < -0.39 is 0 Å². The Morgan fingerprint density at radius 2 is 1.50 bits per heavy atom. The maximum Gasteiger partial charge on any atom is 1.00 e. The molecule has 0 aromatic carbocycles. The molecule has 0 bridgehead atoms. The number of hydrogen-bond acceptors (Lipinski definition) is 1. The first-order valence-electron chi connectivity index (χ1n) is 1.85. The summed E-state index contributed by atoms with van der Waals surface area (Å²) in [6.07, 6.45) is 3.50. The number of nitrogens with zero attached hydrogens (tertiary/aromatic N) is 1. The van der Waals surface area contributed by atoms with Crippen molar-refractivity contribution in [3.8, 4) is 0 Å². The van der Waals surface area contributed by atoms with Gasteiger partial charge in [-0.1, -0.05) is 6.07 Å². The molecule has 1 heterocycles. The van der Waals surface area contributed by atoms with E-state index in [0.29, 0.717) is 0 Å². The zero-order chi connectivity index (χ0) is 4.24. The fraction of sp³-hybridized carbons (Fsp3) is 0. The first kappa shape index (κ1) is 11.1. The van der Waals surface area contributed by atoms with E-state index in [-0.39, 0.29) is 37.4 Å². The smallest absolute Gasteiger partial charge is 1.00 e. The summed E-state index contributed by atoms with van der Waals surface area (Å²) in [5.74, 6) is 0. The van der Waals surface area contributed by atoms with Crippen LogP contribution in [-0.2, 0) is 17.1 Å². The maximum atomic E-state index is 3.78. The van der Waals surface area contributed by atoms with Gasteiger partial charge in [0.2, 0.25) is 0 Å². The van der Waals surface area contributed by atoms with Crippen LogP contribution in [-0.4, -0.2) is 4.98 Å². The molecular weight excluding hydrogens is 145 g/mol. The van der Waals surface area contributed by atoms with Crippen LogP contribution < -0.4 is 18.9 Å². The fourth-order valence-electron chi connectivity index (χ4n) is 0.313. The van der Waals surface area contributed by atoms with Gasteiger partial charge in [-0.3, -0.25) is 4.98 Å². The van der Waals surface area contributed by atoms with Gasteiger partial charge in [-0.05, 0) is 12.1 Å². The van der Waals surface area contributed by atoms with E-state index in [1.165, 1.54) is 0 Å². The fourth-order valence-corrected chi connectivity index (χ4v) is 0.313. The van der Waals surface area contributed by atoms with Crippen LogP contribution in [0.2, 0.25) is 0 Å². The molecule has 0 aliphatic heterocycles. The minimum absolute atomic E-state index is 0. The Morgan fingerprint density at radius 1 is 1.00 bits per heavy atom. The summed E-state index contributed by atoms with van der Waals surface area (Å²) in [4.78, 5) is 3.78. The van der Waals surface area contributed by atoms with Crippen molar-refractivity contribution in [3.05, 3.63) is 30.6 Å². The summed E-state index contributed by atoms with van der Waals surface area (Å²) in [6.45, 7) is 0. The van der Waals surface area contributed by atoms with Crippen LogP contribution in [0.4, 0.5) is 0 Å². The van der Waals surface area contributed by atoms with Crippen molar-refractivity contribution in [2.75, 3.05) is 0 Å². The molecule has 0 aliphatic carbocycles. The Balaban J connectivity index is -0.000000120. The van der Waals surface area contributed by atoms with E-state index in [9.17, 15) is 0 Å². The van der Waals surface area contributed by atoms with Gasteiger partial charge in [-0.25, -0.2) is 0 Å². The first-order chi connectivity index (χ1) is 3.00. The van der Waals surface area contributed by atoms with Gasteiger partial charge in [0.25, 0.3) is 0 Å². The van der Waals surface area contributed by atoms with Crippen molar-refractivity contribution in [1.29, 1.82) is 0 Å². The van der Waals surface area contributed by atoms with Crippen LogP contribution in [0, 0.1) is 0 Å². The van der Waals surface area contributed by atoms with Crippen LogP contribution in [0.5, 0.6) is 0 Å². The Hall–Kier alpha value is 0.267. The second kappa shape index (κ2) is 7.27. The quantitative estimate of drug-likeness (QED) is 0.398. The van der Waals surface area contributed by atoms with E-state index >= 15 is 0 Å². The third-order valence-corrected chi connectivity index (χ3v) is 0.566. The Kier molecular flexibility index (Phi) is 10.1. The van der Waals surface area contributed by atoms with E-state index in [1.807, 2.05) is 18.2 Å². The first-order valence-corrected chi connectivity index (χ1v) is 1.85. The SMILES string of the molecule is [Cu].[H-].[Li+].c1ccncc1. The predicted molar refractivity (Wildman–Crippen MR) is 25.3 cm³/mol. The average molecular weight is 151 g/mol. The van der Waals surface area contributed by atoms with Crippen molar-refractivity contribution >= 4 is 0 Å². The standard InChI is InChI=1S/C5H5N.Cu.Li.H/c1-2-4-6-5-3-1;;;/h1-5H;;;/q;;+1;-1. The molecule has 0 fully saturated rings. The third kappa shape index (κ3) is 4.43. The second-order valence-corrected chi connectivity index (χ2v) is 1.02. The molecule has 0 atom stereocenters. The molecule has 0 saturated carbocycles. The summed E-state index contributed by atoms with van der Waals surface area (Å²) in [6, 6.07) is 5.72. The Bertz CT molecular complexity index is 88.9. The number of hydrogen-bond donors (Lipinski definition) is 0. The molecule has 1 aromatic heterocycles. The molecule has 0 spiro atoms. The molecule has 0 unspecified atom stereocenters. The van der Waals surface area contributed by atoms with Crippen molar-refractivity contribution in [1.82, 2.24) is 4.98 Å². The van der Waals surface area contributed by atoms with Crippen molar-refractivity contribution < 1.29 is 37.4 Å². The van der Waals surface area contributed by atoms with Gasteiger partial charge in [0.05, 0.1) is 0 Å². The molecule has 0 saturated heterocycles. The van der Waals surface area contributed by atoms with Crippen LogP contribution in [0.15, 0.2) is 30.6 Å². The van der Waals surface area contributed by atoms with Crippen molar-refractivity contribution in [2.24, 2.45) is 0 Å². The average Bonchev–Trinajstić information content (AvgIpc) is 1.72. The number of aromatic nitrogens is 1. The second-order valence-electron chi connectivity index (χ2n) is 1.02. The van der Waals surface area contributed by atoms with Crippen molar-refractivity contribution in [3.63, 3.8) is 0 Å². The predicted octanol–water partition coefficient (Wildman–Crippen LogP) is -1.80. The largest absolute Gasteiger partial charge is 1.00 e. The normalized spacial score (nSPS) is 6.00. The summed E-state index contributed by atoms with van der Waals surface area (Å²) >= 11 is 0. The maximum absolute atomic E-state index is 3.78. The zero-order valence-electron chi connectivity index (χ0n) is 5.64. The van der Waals surface area contributed by atoms with E-state index in [1.54, 1.807) is 12.4 Å². The van der Waals surface area contributed by atoms with Crippen LogP contribution in [0.25, 0.3) is 0 Å². The molecule has 1 aromatic rings. The molecule has 1 nitrogen and oxygen atoms in total. The van der Waals surface area contributed by atoms with Crippen LogP contribution in [0.3, 0.4) is 0 Å². The van der Waals surface area contributed by atoms with Gasteiger partial charge in [0, 0.05) is 29.5 Å². The van der Waals surface area contributed by atoms with Gasteiger partial charge >= 0.3 is 18.9 Å². The summed E-state index contributed by atoms with van der Waals surface area (Å²) in [5.41, 5.74) is 0. The summed E-state index contributed by atoms with van der Waals surface area (Å²) < 4.78 is 0. The molecular formula is C5H6CuLiN. The topological polar surface area (TPSA) is 12.9 Å². The molecule has 0 amide bonds. The Morgan fingerprint density at radius 3 is 1.62 bits per heavy atom. The monoisotopic (exact) mass is 150 g/mol. The molecule has 1 rings (SSSR count). The third-order valence-electron chi connectivity index (χ3n) is 0.566. The Labute approximate surface area is 73.0 Å². The van der Waals surface area contributed by atoms with Crippen LogP contribution in [0.1, 0.15) is 1.43 Å². The summed E-state index contributed by atoms with van der Waals surface area (Å²) in [7, 11) is 0. The van der Waals surface area contributed by atoms with E-state index in [0.717, 1.165) is 0 Å². The van der Waals surface area contributed by atoms with Gasteiger partial charge in [0.15, 0.2) is 0 Å². The van der Waals surface area contributed by atoms with Gasteiger partial charge < -0.3 is 1.43 Å². The van der Waals surface area contributed by atoms with E-state index in [2.05, 4.69) is 4.98 Å². The van der Waals surface area contributed by atoms with E-state index in [4.69, 9.17) is 0 Å². The number of rotatable bonds is 0. The molecule has 43 valence electrons. The van der Waals surface area contributed by atoms with Gasteiger partial charge in [-0.2, -0.15) is 0 Å². The molecule has 0 N–H and O–H groups in total. The van der Waals surface area contributed by atoms with Gasteiger partial charge in [-0.15, -0.1) is 0 Å². The molecule has 1 radical (unpaired) electrons. The number of pyridine rings is 1. The zero-order valence-corrected chi connectivity index (χ0v) is 5.58. The molecule has 0 aliphatic rings. The van der Waals surface area contributed by atoms with Gasteiger partial charge in [0.1, 0.15) is 0 Å². The molecule has 3 heteroatoms. The minimum atomic E-state index is 0. The minimum Gasteiger partial charge on any atom is -1.00 e. The molecule has 8 heavy (non-hydrogen) atoms.